The number of thiophene rings is 1. The number of likely N-dealkylation sites (N-methyl/N-ethyl adjacent to an activating group) is 1. The van der Waals surface area contributed by atoms with Crippen molar-refractivity contribution < 1.29 is 9.18 Å². The maximum atomic E-state index is 13.1. The smallest absolute Gasteiger partial charge is 0.251 e. The molecular weight excluding hydrogens is 349 g/mol. The summed E-state index contributed by atoms with van der Waals surface area (Å²) >= 11 is 1.73. The van der Waals surface area contributed by atoms with Crippen LogP contribution in [0.1, 0.15) is 35.1 Å². The molecule has 26 heavy (non-hydrogen) atoms. The molecule has 1 aliphatic rings. The van der Waals surface area contributed by atoms with Crippen molar-refractivity contribution in [1.29, 1.82) is 0 Å². The maximum Gasteiger partial charge on any atom is 0.251 e. The number of piperazine rings is 1. The molecule has 4 nitrogen and oxygen atoms in total. The van der Waals surface area contributed by atoms with E-state index in [1.807, 2.05) is 0 Å². The van der Waals surface area contributed by atoms with Crippen molar-refractivity contribution in [1.82, 2.24) is 15.1 Å². The van der Waals surface area contributed by atoms with E-state index in [-0.39, 0.29) is 23.8 Å². The number of carbonyl (C=O) groups is 1. The number of nitrogens with one attached hydrogen (secondary N) is 1. The number of hydrogen-bond donors (Lipinski definition) is 1. The summed E-state index contributed by atoms with van der Waals surface area (Å²) in [6.07, 6.45) is 0. The first-order chi connectivity index (χ1) is 12.6. The van der Waals surface area contributed by atoms with E-state index in [0.29, 0.717) is 5.56 Å². The lowest BCUT2D eigenvalue weighted by atomic mass is 10.0. The Labute approximate surface area is 158 Å². The molecule has 1 aromatic carbocycles. The van der Waals surface area contributed by atoms with Crippen LogP contribution in [-0.4, -0.2) is 54.5 Å². The van der Waals surface area contributed by atoms with Crippen LogP contribution in [0.15, 0.2) is 41.8 Å². The topological polar surface area (TPSA) is 35.6 Å². The summed E-state index contributed by atoms with van der Waals surface area (Å²) in [5, 5.41) is 5.20. The Morgan fingerprint density at radius 3 is 2.46 bits per heavy atom. The molecule has 1 aromatic heterocycles. The van der Waals surface area contributed by atoms with Crippen LogP contribution in [0.2, 0.25) is 0 Å². The molecule has 3 rings (SSSR count). The monoisotopic (exact) mass is 375 g/mol. The van der Waals surface area contributed by atoms with Crippen molar-refractivity contribution in [3.63, 3.8) is 0 Å². The average molecular weight is 376 g/mol. The molecule has 140 valence electrons. The molecule has 0 saturated carbocycles. The van der Waals surface area contributed by atoms with E-state index < -0.39 is 0 Å². The van der Waals surface area contributed by atoms with Crippen LogP contribution < -0.4 is 5.32 Å². The van der Waals surface area contributed by atoms with Gasteiger partial charge in [0, 0.05) is 42.7 Å². The van der Waals surface area contributed by atoms with Gasteiger partial charge in [0.05, 0.1) is 6.04 Å². The fraction of sp³-hybridized carbons (Fsp3) is 0.450. The largest absolute Gasteiger partial charge is 0.348 e. The van der Waals surface area contributed by atoms with Crippen LogP contribution in [0.4, 0.5) is 4.39 Å². The van der Waals surface area contributed by atoms with Gasteiger partial charge in [-0.05, 0) is 49.2 Å². The van der Waals surface area contributed by atoms with Crippen LogP contribution >= 0.6 is 11.3 Å². The summed E-state index contributed by atoms with van der Waals surface area (Å²) in [5.41, 5.74) is 0.485. The van der Waals surface area contributed by atoms with E-state index >= 15 is 0 Å². The van der Waals surface area contributed by atoms with Crippen molar-refractivity contribution >= 4 is 17.2 Å². The van der Waals surface area contributed by atoms with Gasteiger partial charge < -0.3 is 10.2 Å². The molecule has 2 aromatic rings. The number of hydrogen-bond acceptors (Lipinski definition) is 4. The van der Waals surface area contributed by atoms with Gasteiger partial charge in [-0.25, -0.2) is 4.39 Å². The minimum absolute atomic E-state index is 0.0422. The molecule has 1 amide bonds. The number of carbonyl (C=O) groups excluding carboxylic acids is 1. The van der Waals surface area contributed by atoms with Crippen molar-refractivity contribution in [2.24, 2.45) is 0 Å². The summed E-state index contributed by atoms with van der Waals surface area (Å²) in [5.74, 6) is -0.494. The third-order valence-electron chi connectivity index (χ3n) is 5.02. The van der Waals surface area contributed by atoms with Gasteiger partial charge in [-0.15, -0.1) is 11.3 Å². The fourth-order valence-corrected chi connectivity index (χ4v) is 4.49. The van der Waals surface area contributed by atoms with E-state index in [1.54, 1.807) is 11.3 Å². The molecule has 6 heteroatoms. The molecule has 1 aliphatic heterocycles. The van der Waals surface area contributed by atoms with Crippen molar-refractivity contribution in [2.75, 3.05) is 32.7 Å². The standard InChI is InChI=1S/C20H26FN3OS/c1-3-23-10-12-24(13-11-23)19(18-5-4-14-26-18)15(2)22-20(25)16-6-8-17(21)9-7-16/h4-9,14-15,19H,3,10-13H2,1-2H3,(H,22,25)/t15-,19+/m0/s1. The highest BCUT2D eigenvalue weighted by Crippen LogP contribution is 2.29. The zero-order valence-corrected chi connectivity index (χ0v) is 16.1. The zero-order valence-electron chi connectivity index (χ0n) is 15.3. The summed E-state index contributed by atoms with van der Waals surface area (Å²) in [6.45, 7) is 9.42. The number of rotatable bonds is 6. The maximum absolute atomic E-state index is 13.1. The van der Waals surface area contributed by atoms with Crippen LogP contribution in [0.5, 0.6) is 0 Å². The highest BCUT2D eigenvalue weighted by atomic mass is 32.1. The summed E-state index contributed by atoms with van der Waals surface area (Å²) < 4.78 is 13.1. The Bertz CT molecular complexity index is 696. The van der Waals surface area contributed by atoms with Crippen LogP contribution in [0.25, 0.3) is 0 Å². The Morgan fingerprint density at radius 1 is 1.19 bits per heavy atom. The fourth-order valence-electron chi connectivity index (χ4n) is 3.53. The van der Waals surface area contributed by atoms with E-state index in [0.717, 1.165) is 32.7 Å². The first-order valence-electron chi connectivity index (χ1n) is 9.14. The molecule has 0 spiro atoms. The third kappa shape index (κ3) is 4.50. The highest BCUT2D eigenvalue weighted by Gasteiger charge is 2.30. The van der Waals surface area contributed by atoms with Crippen molar-refractivity contribution in [2.45, 2.75) is 25.9 Å². The molecule has 2 atom stereocenters. The second-order valence-corrected chi connectivity index (χ2v) is 7.68. The average Bonchev–Trinajstić information content (AvgIpc) is 3.17. The second kappa shape index (κ2) is 8.75. The minimum Gasteiger partial charge on any atom is -0.348 e. The number of benzene rings is 1. The Hall–Kier alpha value is -1.76. The van der Waals surface area contributed by atoms with Gasteiger partial charge in [-0.2, -0.15) is 0 Å². The molecule has 0 aliphatic carbocycles. The summed E-state index contributed by atoms with van der Waals surface area (Å²) in [6, 6.07) is 10.00. The summed E-state index contributed by atoms with van der Waals surface area (Å²) in [4.78, 5) is 18.7. The lowest BCUT2D eigenvalue weighted by Gasteiger charge is -2.41. The normalized spacial score (nSPS) is 18.4. The van der Waals surface area contributed by atoms with E-state index in [4.69, 9.17) is 0 Å². The first-order valence-corrected chi connectivity index (χ1v) is 10.0. The summed E-state index contributed by atoms with van der Waals surface area (Å²) in [7, 11) is 0. The molecule has 0 unspecified atom stereocenters. The van der Waals surface area contributed by atoms with Gasteiger partial charge >= 0.3 is 0 Å². The number of halogens is 1. The lowest BCUT2D eigenvalue weighted by molar-refractivity contribution is 0.0753. The molecule has 1 fully saturated rings. The molecule has 0 bridgehead atoms. The highest BCUT2D eigenvalue weighted by molar-refractivity contribution is 7.10. The Kier molecular flexibility index (Phi) is 6.40. The Morgan fingerprint density at radius 2 is 1.88 bits per heavy atom. The van der Waals surface area contributed by atoms with E-state index in [1.165, 1.54) is 29.1 Å². The van der Waals surface area contributed by atoms with Crippen molar-refractivity contribution in [3.8, 4) is 0 Å². The van der Waals surface area contributed by atoms with Gasteiger partial charge in [0.15, 0.2) is 0 Å². The van der Waals surface area contributed by atoms with E-state index in [2.05, 4.69) is 46.5 Å². The molecule has 0 radical (unpaired) electrons. The SMILES string of the molecule is CCN1CCN([C@@H](c2cccs2)[C@H](C)NC(=O)c2ccc(F)cc2)CC1. The lowest BCUT2D eigenvalue weighted by Crippen LogP contribution is -2.52. The van der Waals surface area contributed by atoms with Gasteiger partial charge in [0.1, 0.15) is 5.82 Å². The van der Waals surface area contributed by atoms with Crippen LogP contribution in [0.3, 0.4) is 0 Å². The van der Waals surface area contributed by atoms with Gasteiger partial charge in [0.25, 0.3) is 5.91 Å². The Balaban J connectivity index is 1.72. The molecule has 1 N–H and O–H groups in total. The third-order valence-corrected chi connectivity index (χ3v) is 5.96. The quantitative estimate of drug-likeness (QED) is 0.841. The number of amides is 1. The predicted octanol–water partition coefficient (Wildman–Crippen LogP) is 3.38. The second-order valence-electron chi connectivity index (χ2n) is 6.70. The first kappa shape index (κ1) is 19.0. The molecule has 1 saturated heterocycles. The van der Waals surface area contributed by atoms with Gasteiger partial charge in [0.2, 0.25) is 0 Å². The zero-order chi connectivity index (χ0) is 18.5. The molecule has 2 heterocycles. The predicted molar refractivity (Wildman–Crippen MR) is 104 cm³/mol. The molecular formula is C20H26FN3OS. The van der Waals surface area contributed by atoms with E-state index in [9.17, 15) is 9.18 Å². The minimum atomic E-state index is -0.333. The van der Waals surface area contributed by atoms with Crippen LogP contribution in [0, 0.1) is 5.82 Å². The van der Waals surface area contributed by atoms with Gasteiger partial charge in [-0.3, -0.25) is 9.69 Å². The number of nitrogens with zero attached hydrogens (tertiary/aromatic N) is 2. The van der Waals surface area contributed by atoms with Crippen LogP contribution in [-0.2, 0) is 0 Å². The van der Waals surface area contributed by atoms with Gasteiger partial charge in [-0.1, -0.05) is 13.0 Å². The van der Waals surface area contributed by atoms with Crippen molar-refractivity contribution in [3.05, 3.63) is 58.0 Å².